The van der Waals surface area contributed by atoms with Crippen molar-refractivity contribution >= 4 is 11.6 Å². The summed E-state index contributed by atoms with van der Waals surface area (Å²) in [7, 11) is 0. The molecule has 16 heavy (non-hydrogen) atoms. The van der Waals surface area contributed by atoms with Crippen molar-refractivity contribution in [2.45, 2.75) is 25.8 Å². The third-order valence-electron chi connectivity index (χ3n) is 2.63. The van der Waals surface area contributed by atoms with E-state index < -0.39 is 0 Å². The zero-order valence-corrected chi connectivity index (χ0v) is 9.32. The predicted octanol–water partition coefficient (Wildman–Crippen LogP) is 1.23. The molecule has 0 unspecified atom stereocenters. The van der Waals surface area contributed by atoms with Crippen LogP contribution < -0.4 is 15.8 Å². The summed E-state index contributed by atoms with van der Waals surface area (Å²) in [6.45, 7) is 1.93. The number of nitrogens with one attached hydrogen (secondary N) is 1. The molecule has 0 saturated heterocycles. The normalized spacial score (nSPS) is 14.6. The molecule has 1 aliphatic carbocycles. The average Bonchev–Trinajstić information content (AvgIpc) is 3.04. The first kappa shape index (κ1) is 10.8. The van der Waals surface area contributed by atoms with Crippen LogP contribution in [-0.4, -0.2) is 18.6 Å². The molecule has 1 aromatic carbocycles. The summed E-state index contributed by atoms with van der Waals surface area (Å²) in [6, 6.07) is 5.82. The SMILES string of the molecule is Cc1c(N)cccc1OCC(=O)NC1CC1. The Labute approximate surface area is 94.8 Å². The summed E-state index contributed by atoms with van der Waals surface area (Å²) >= 11 is 0. The number of amides is 1. The van der Waals surface area contributed by atoms with Crippen molar-refractivity contribution in [2.75, 3.05) is 12.3 Å². The van der Waals surface area contributed by atoms with Gasteiger partial charge in [0.2, 0.25) is 0 Å². The van der Waals surface area contributed by atoms with E-state index in [-0.39, 0.29) is 12.5 Å². The first-order valence-electron chi connectivity index (χ1n) is 5.44. The molecular weight excluding hydrogens is 204 g/mol. The number of carbonyl (C=O) groups excluding carboxylic acids is 1. The van der Waals surface area contributed by atoms with Gasteiger partial charge in [0, 0.05) is 17.3 Å². The molecule has 3 N–H and O–H groups in total. The van der Waals surface area contributed by atoms with Gasteiger partial charge in [-0.05, 0) is 31.9 Å². The Morgan fingerprint density at radius 1 is 1.56 bits per heavy atom. The lowest BCUT2D eigenvalue weighted by molar-refractivity contribution is -0.123. The Kier molecular flexibility index (Phi) is 2.99. The van der Waals surface area contributed by atoms with Crippen LogP contribution in [0, 0.1) is 6.92 Å². The highest BCUT2D eigenvalue weighted by Gasteiger charge is 2.23. The van der Waals surface area contributed by atoms with Gasteiger partial charge in [0.05, 0.1) is 0 Å². The fourth-order valence-electron chi connectivity index (χ4n) is 1.43. The Bertz CT molecular complexity index is 400. The maximum absolute atomic E-state index is 11.4. The van der Waals surface area contributed by atoms with E-state index in [1.165, 1.54) is 0 Å². The average molecular weight is 220 g/mol. The molecule has 0 heterocycles. The van der Waals surface area contributed by atoms with Gasteiger partial charge in [0.1, 0.15) is 5.75 Å². The fourth-order valence-corrected chi connectivity index (χ4v) is 1.43. The van der Waals surface area contributed by atoms with Crippen LogP contribution in [0.5, 0.6) is 5.75 Å². The summed E-state index contributed by atoms with van der Waals surface area (Å²) in [5.41, 5.74) is 7.29. The van der Waals surface area contributed by atoms with E-state index in [4.69, 9.17) is 10.5 Å². The summed E-state index contributed by atoms with van der Waals surface area (Å²) in [6.07, 6.45) is 2.17. The molecule has 1 amide bonds. The summed E-state index contributed by atoms with van der Waals surface area (Å²) in [5, 5.41) is 2.86. The maximum atomic E-state index is 11.4. The topological polar surface area (TPSA) is 64.3 Å². The standard InChI is InChI=1S/C12H16N2O2/c1-8-10(13)3-2-4-11(8)16-7-12(15)14-9-5-6-9/h2-4,9H,5-7,13H2,1H3,(H,14,15). The first-order chi connectivity index (χ1) is 7.66. The quantitative estimate of drug-likeness (QED) is 0.750. The van der Waals surface area contributed by atoms with E-state index in [2.05, 4.69) is 5.32 Å². The van der Waals surface area contributed by atoms with E-state index in [0.717, 1.165) is 18.4 Å². The molecule has 0 bridgehead atoms. The van der Waals surface area contributed by atoms with Gasteiger partial charge < -0.3 is 15.8 Å². The summed E-state index contributed by atoms with van der Waals surface area (Å²) in [4.78, 5) is 11.4. The smallest absolute Gasteiger partial charge is 0.258 e. The van der Waals surface area contributed by atoms with Crippen molar-refractivity contribution in [2.24, 2.45) is 0 Å². The number of nitrogens with two attached hydrogens (primary N) is 1. The predicted molar refractivity (Wildman–Crippen MR) is 62.3 cm³/mol. The first-order valence-corrected chi connectivity index (χ1v) is 5.44. The minimum absolute atomic E-state index is 0.0563. The van der Waals surface area contributed by atoms with Crippen LogP contribution in [0.2, 0.25) is 0 Å². The van der Waals surface area contributed by atoms with Crippen molar-refractivity contribution in [3.05, 3.63) is 23.8 Å². The van der Waals surface area contributed by atoms with Crippen LogP contribution in [0.15, 0.2) is 18.2 Å². The van der Waals surface area contributed by atoms with Gasteiger partial charge in [-0.2, -0.15) is 0 Å². The second kappa shape index (κ2) is 4.43. The zero-order chi connectivity index (χ0) is 11.5. The van der Waals surface area contributed by atoms with Crippen molar-refractivity contribution in [1.82, 2.24) is 5.32 Å². The van der Waals surface area contributed by atoms with Gasteiger partial charge in [-0.1, -0.05) is 6.07 Å². The lowest BCUT2D eigenvalue weighted by atomic mass is 10.2. The van der Waals surface area contributed by atoms with Crippen molar-refractivity contribution < 1.29 is 9.53 Å². The number of hydrogen-bond donors (Lipinski definition) is 2. The van der Waals surface area contributed by atoms with E-state index in [1.54, 1.807) is 0 Å². The molecular formula is C12H16N2O2. The van der Waals surface area contributed by atoms with Crippen LogP contribution in [0.25, 0.3) is 0 Å². The second-order valence-electron chi connectivity index (χ2n) is 4.10. The van der Waals surface area contributed by atoms with E-state index >= 15 is 0 Å². The number of ether oxygens (including phenoxy) is 1. The number of benzene rings is 1. The third kappa shape index (κ3) is 2.66. The number of carbonyl (C=O) groups is 1. The third-order valence-corrected chi connectivity index (χ3v) is 2.63. The summed E-state index contributed by atoms with van der Waals surface area (Å²) in [5.74, 6) is 0.607. The maximum Gasteiger partial charge on any atom is 0.258 e. The van der Waals surface area contributed by atoms with E-state index in [1.807, 2.05) is 25.1 Å². The Balaban J connectivity index is 1.88. The van der Waals surface area contributed by atoms with Crippen molar-refractivity contribution in [1.29, 1.82) is 0 Å². The van der Waals surface area contributed by atoms with Crippen LogP contribution in [0.1, 0.15) is 18.4 Å². The van der Waals surface area contributed by atoms with E-state index in [9.17, 15) is 4.79 Å². The molecule has 1 fully saturated rings. The molecule has 0 radical (unpaired) electrons. The van der Waals surface area contributed by atoms with Gasteiger partial charge >= 0.3 is 0 Å². The molecule has 0 atom stereocenters. The molecule has 0 aromatic heterocycles. The van der Waals surface area contributed by atoms with Gasteiger partial charge in [-0.15, -0.1) is 0 Å². The highest BCUT2D eigenvalue weighted by molar-refractivity contribution is 5.78. The molecule has 86 valence electrons. The number of hydrogen-bond acceptors (Lipinski definition) is 3. The molecule has 1 saturated carbocycles. The Morgan fingerprint density at radius 2 is 2.31 bits per heavy atom. The summed E-state index contributed by atoms with van der Waals surface area (Å²) < 4.78 is 5.42. The van der Waals surface area contributed by atoms with Crippen LogP contribution in [-0.2, 0) is 4.79 Å². The minimum Gasteiger partial charge on any atom is -0.483 e. The number of anilines is 1. The second-order valence-corrected chi connectivity index (χ2v) is 4.10. The van der Waals surface area contributed by atoms with Gasteiger partial charge in [-0.25, -0.2) is 0 Å². The Morgan fingerprint density at radius 3 is 3.00 bits per heavy atom. The molecule has 1 aromatic rings. The number of nitrogen functional groups attached to an aromatic ring is 1. The molecule has 0 aliphatic heterocycles. The largest absolute Gasteiger partial charge is 0.483 e. The molecule has 1 aliphatic rings. The van der Waals surface area contributed by atoms with Crippen LogP contribution in [0.3, 0.4) is 0 Å². The lowest BCUT2D eigenvalue weighted by Crippen LogP contribution is -2.30. The van der Waals surface area contributed by atoms with Crippen molar-refractivity contribution in [3.63, 3.8) is 0 Å². The van der Waals surface area contributed by atoms with Crippen molar-refractivity contribution in [3.8, 4) is 5.75 Å². The zero-order valence-electron chi connectivity index (χ0n) is 9.32. The molecule has 4 heteroatoms. The van der Waals surface area contributed by atoms with Gasteiger partial charge in [0.15, 0.2) is 6.61 Å². The van der Waals surface area contributed by atoms with Crippen LogP contribution in [0.4, 0.5) is 5.69 Å². The molecule has 0 spiro atoms. The Hall–Kier alpha value is -1.71. The van der Waals surface area contributed by atoms with Gasteiger partial charge in [0.25, 0.3) is 5.91 Å². The lowest BCUT2D eigenvalue weighted by Gasteiger charge is -2.10. The number of rotatable bonds is 4. The highest BCUT2D eigenvalue weighted by Crippen LogP contribution is 2.23. The highest BCUT2D eigenvalue weighted by atomic mass is 16.5. The molecule has 2 rings (SSSR count). The molecule has 4 nitrogen and oxygen atoms in total. The fraction of sp³-hybridized carbons (Fsp3) is 0.417. The minimum atomic E-state index is -0.0654. The van der Waals surface area contributed by atoms with E-state index in [0.29, 0.717) is 17.5 Å². The van der Waals surface area contributed by atoms with Gasteiger partial charge in [-0.3, -0.25) is 4.79 Å². The van der Waals surface area contributed by atoms with Crippen LogP contribution >= 0.6 is 0 Å². The monoisotopic (exact) mass is 220 g/mol.